The Balaban J connectivity index is 2.38. The highest BCUT2D eigenvalue weighted by Crippen LogP contribution is 2.23. The van der Waals surface area contributed by atoms with Gasteiger partial charge in [-0.25, -0.2) is 13.4 Å². The highest BCUT2D eigenvalue weighted by molar-refractivity contribution is 7.89. The number of sulfonamides is 1. The van der Waals surface area contributed by atoms with E-state index in [4.69, 9.17) is 5.26 Å². The van der Waals surface area contributed by atoms with Crippen LogP contribution in [-0.4, -0.2) is 36.6 Å². The van der Waals surface area contributed by atoms with E-state index in [1.807, 2.05) is 0 Å². The van der Waals surface area contributed by atoms with Crippen LogP contribution in [0.2, 0.25) is 0 Å². The van der Waals surface area contributed by atoms with Gasteiger partial charge < -0.3 is 0 Å². The van der Waals surface area contributed by atoms with E-state index in [0.717, 1.165) is 0 Å². The molecule has 2 rings (SSSR count). The van der Waals surface area contributed by atoms with Crippen molar-refractivity contribution in [2.24, 2.45) is 5.92 Å². The Hall–Kier alpha value is -1.78. The lowest BCUT2D eigenvalue weighted by molar-refractivity contribution is -0.124. The number of aromatic nitrogens is 1. The molecule has 1 fully saturated rings. The lowest BCUT2D eigenvalue weighted by Gasteiger charge is -2.29. The second-order valence-corrected chi connectivity index (χ2v) is 6.35. The van der Waals surface area contributed by atoms with Gasteiger partial charge in [-0.15, -0.1) is 0 Å². The van der Waals surface area contributed by atoms with Crippen molar-refractivity contribution in [1.82, 2.24) is 9.29 Å². The van der Waals surface area contributed by atoms with Crippen LogP contribution in [0.5, 0.6) is 0 Å². The number of hydrogen-bond donors (Lipinski definition) is 0. The molecule has 6 nitrogen and oxygen atoms in total. The van der Waals surface area contributed by atoms with Gasteiger partial charge in [-0.3, -0.25) is 4.79 Å². The molecule has 2 heterocycles. The Morgan fingerprint density at radius 2 is 2.26 bits per heavy atom. The molecule has 0 N–H and O–H groups in total. The number of hydrogen-bond acceptors (Lipinski definition) is 5. The normalized spacial score (nSPS) is 21.1. The molecule has 7 heteroatoms. The summed E-state index contributed by atoms with van der Waals surface area (Å²) in [6.45, 7) is 2.02. The fourth-order valence-electron chi connectivity index (χ4n) is 2.02. The van der Waals surface area contributed by atoms with Crippen LogP contribution in [0.15, 0.2) is 23.2 Å². The zero-order valence-electron chi connectivity index (χ0n) is 10.4. The van der Waals surface area contributed by atoms with Gasteiger partial charge >= 0.3 is 0 Å². The Morgan fingerprint density at radius 1 is 1.53 bits per heavy atom. The van der Waals surface area contributed by atoms with Gasteiger partial charge in [-0.2, -0.15) is 9.57 Å². The maximum Gasteiger partial charge on any atom is 0.245 e. The van der Waals surface area contributed by atoms with E-state index in [1.54, 1.807) is 13.0 Å². The van der Waals surface area contributed by atoms with Crippen molar-refractivity contribution in [2.75, 3.05) is 13.1 Å². The van der Waals surface area contributed by atoms with E-state index >= 15 is 0 Å². The number of nitriles is 1. The second-order valence-electron chi connectivity index (χ2n) is 4.44. The van der Waals surface area contributed by atoms with Crippen LogP contribution >= 0.6 is 0 Å². The lowest BCUT2D eigenvalue weighted by atomic mass is 10.0. The first-order valence-electron chi connectivity index (χ1n) is 5.85. The highest BCUT2D eigenvalue weighted by Gasteiger charge is 2.33. The van der Waals surface area contributed by atoms with Crippen molar-refractivity contribution in [3.8, 4) is 6.07 Å². The zero-order valence-corrected chi connectivity index (χ0v) is 11.2. The second kappa shape index (κ2) is 5.07. The van der Waals surface area contributed by atoms with E-state index in [2.05, 4.69) is 4.98 Å². The molecule has 1 aromatic heterocycles. The summed E-state index contributed by atoms with van der Waals surface area (Å²) in [5.74, 6) is -0.246. The SMILES string of the molecule is CC1CN(S(=O)(=O)c2cccnc2C#N)CCC1=O. The zero-order chi connectivity index (χ0) is 14.0. The number of nitrogens with zero attached hydrogens (tertiary/aromatic N) is 3. The summed E-state index contributed by atoms with van der Waals surface area (Å²) in [5.41, 5.74) is -0.118. The first-order chi connectivity index (χ1) is 8.96. The van der Waals surface area contributed by atoms with Gasteiger partial charge in [0.15, 0.2) is 5.69 Å². The summed E-state index contributed by atoms with van der Waals surface area (Å²) in [4.78, 5) is 15.1. The van der Waals surface area contributed by atoms with Gasteiger partial charge in [0.1, 0.15) is 16.7 Å². The molecular weight excluding hydrogens is 266 g/mol. The molecule has 100 valence electrons. The van der Waals surface area contributed by atoms with Crippen LogP contribution in [0.3, 0.4) is 0 Å². The standard InChI is InChI=1S/C12H13N3O3S/c1-9-8-15(6-4-11(9)16)19(17,18)12-3-2-5-14-10(12)7-13/h2-3,5,9H,4,6,8H2,1H3. The first-order valence-corrected chi connectivity index (χ1v) is 7.29. The fraction of sp³-hybridized carbons (Fsp3) is 0.417. The molecule has 19 heavy (non-hydrogen) atoms. The summed E-state index contributed by atoms with van der Waals surface area (Å²) in [7, 11) is -3.77. The topological polar surface area (TPSA) is 91.1 Å². The minimum absolute atomic E-state index is 0.0677. The monoisotopic (exact) mass is 279 g/mol. The number of carbonyl (C=O) groups excluding carboxylic acids is 1. The molecule has 1 atom stereocenters. The molecule has 1 unspecified atom stereocenters. The van der Waals surface area contributed by atoms with Crippen molar-refractivity contribution in [1.29, 1.82) is 5.26 Å². The molecule has 1 aliphatic heterocycles. The summed E-state index contributed by atoms with van der Waals surface area (Å²) in [6, 6.07) is 4.62. The smallest absolute Gasteiger partial charge is 0.245 e. The lowest BCUT2D eigenvalue weighted by Crippen LogP contribution is -2.43. The minimum Gasteiger partial charge on any atom is -0.299 e. The number of Topliss-reactive ketones (excluding diaryl/α,β-unsaturated/α-hetero) is 1. The van der Waals surface area contributed by atoms with Gasteiger partial charge in [-0.05, 0) is 12.1 Å². The van der Waals surface area contributed by atoms with Crippen LogP contribution in [-0.2, 0) is 14.8 Å². The average molecular weight is 279 g/mol. The quantitative estimate of drug-likeness (QED) is 0.788. The molecule has 0 radical (unpaired) electrons. The van der Waals surface area contributed by atoms with Crippen LogP contribution in [0.4, 0.5) is 0 Å². The average Bonchev–Trinajstić information content (AvgIpc) is 2.41. The number of pyridine rings is 1. The largest absolute Gasteiger partial charge is 0.299 e. The molecule has 0 amide bonds. The van der Waals surface area contributed by atoms with Crippen LogP contribution in [0, 0.1) is 17.2 Å². The molecule has 1 aromatic rings. The summed E-state index contributed by atoms with van der Waals surface area (Å²) >= 11 is 0. The summed E-state index contributed by atoms with van der Waals surface area (Å²) in [5, 5.41) is 8.92. The Morgan fingerprint density at radius 3 is 2.89 bits per heavy atom. The molecule has 1 aliphatic rings. The van der Waals surface area contributed by atoms with E-state index in [0.29, 0.717) is 0 Å². The number of rotatable bonds is 2. The van der Waals surface area contributed by atoms with Crippen molar-refractivity contribution >= 4 is 15.8 Å². The Bertz CT molecular complexity index is 648. The number of carbonyl (C=O) groups is 1. The number of ketones is 1. The van der Waals surface area contributed by atoms with E-state index < -0.39 is 10.0 Å². The van der Waals surface area contributed by atoms with Crippen molar-refractivity contribution < 1.29 is 13.2 Å². The van der Waals surface area contributed by atoms with E-state index in [9.17, 15) is 13.2 Å². The molecular formula is C12H13N3O3S. The van der Waals surface area contributed by atoms with Crippen molar-refractivity contribution in [3.05, 3.63) is 24.0 Å². The van der Waals surface area contributed by atoms with Gasteiger partial charge in [0, 0.05) is 31.6 Å². The Kier molecular flexibility index (Phi) is 3.64. The molecule has 0 bridgehead atoms. The van der Waals surface area contributed by atoms with Crippen LogP contribution < -0.4 is 0 Å². The molecule has 0 saturated carbocycles. The third-order valence-electron chi connectivity index (χ3n) is 3.13. The first kappa shape index (κ1) is 13.6. The van der Waals surface area contributed by atoms with E-state index in [1.165, 1.54) is 22.6 Å². The maximum atomic E-state index is 12.4. The van der Waals surface area contributed by atoms with Gasteiger partial charge in [0.05, 0.1) is 0 Å². The third kappa shape index (κ3) is 2.50. The number of piperidine rings is 1. The van der Waals surface area contributed by atoms with Gasteiger partial charge in [-0.1, -0.05) is 6.92 Å². The van der Waals surface area contributed by atoms with Crippen molar-refractivity contribution in [2.45, 2.75) is 18.2 Å². The molecule has 1 saturated heterocycles. The molecule has 0 aromatic carbocycles. The van der Waals surface area contributed by atoms with Crippen LogP contribution in [0.25, 0.3) is 0 Å². The maximum absolute atomic E-state index is 12.4. The third-order valence-corrected chi connectivity index (χ3v) is 5.03. The molecule has 0 aliphatic carbocycles. The predicted octanol–water partition coefficient (Wildman–Crippen LogP) is 0.553. The van der Waals surface area contributed by atoms with Gasteiger partial charge in [0.25, 0.3) is 0 Å². The summed E-state index contributed by atoms with van der Waals surface area (Å²) in [6.07, 6.45) is 1.59. The fourth-order valence-corrected chi connectivity index (χ4v) is 3.64. The highest BCUT2D eigenvalue weighted by atomic mass is 32.2. The van der Waals surface area contributed by atoms with Crippen molar-refractivity contribution in [3.63, 3.8) is 0 Å². The molecule has 0 spiro atoms. The minimum atomic E-state index is -3.77. The predicted molar refractivity (Wildman–Crippen MR) is 66.5 cm³/mol. The summed E-state index contributed by atoms with van der Waals surface area (Å²) < 4.78 is 26.1. The van der Waals surface area contributed by atoms with Gasteiger partial charge in [0.2, 0.25) is 10.0 Å². The van der Waals surface area contributed by atoms with E-state index in [-0.39, 0.29) is 41.8 Å². The Labute approximate surface area is 111 Å². The van der Waals surface area contributed by atoms with Crippen LogP contribution in [0.1, 0.15) is 19.0 Å².